The third-order valence-electron chi connectivity index (χ3n) is 2.90. The van der Waals surface area contributed by atoms with E-state index in [2.05, 4.69) is 10.3 Å². The third kappa shape index (κ3) is 2.85. The number of aromatic carboxylic acids is 1. The number of rotatable bonds is 5. The summed E-state index contributed by atoms with van der Waals surface area (Å²) in [5, 5.41) is 12.1. The number of imidazole rings is 1. The minimum atomic E-state index is -0.971. The van der Waals surface area contributed by atoms with Crippen molar-refractivity contribution in [2.24, 2.45) is 0 Å². The van der Waals surface area contributed by atoms with Gasteiger partial charge in [-0.15, -0.1) is 0 Å². The second kappa shape index (κ2) is 5.43. The van der Waals surface area contributed by atoms with Crippen LogP contribution >= 0.6 is 0 Å². The van der Waals surface area contributed by atoms with Gasteiger partial charge in [-0.2, -0.15) is 0 Å². The van der Waals surface area contributed by atoms with Gasteiger partial charge in [-0.3, -0.25) is 0 Å². The summed E-state index contributed by atoms with van der Waals surface area (Å²) in [5.74, 6) is -0.971. The highest BCUT2D eigenvalue weighted by atomic mass is 16.4. The third-order valence-corrected chi connectivity index (χ3v) is 2.90. The van der Waals surface area contributed by atoms with Gasteiger partial charge in [0, 0.05) is 12.7 Å². The van der Waals surface area contributed by atoms with Crippen LogP contribution in [0.25, 0.3) is 0 Å². The molecule has 0 unspecified atom stereocenters. The maximum atomic E-state index is 10.9. The van der Waals surface area contributed by atoms with Crippen molar-refractivity contribution in [2.45, 2.75) is 20.0 Å². The predicted octanol–water partition coefficient (Wildman–Crippen LogP) is 1.80. The van der Waals surface area contributed by atoms with Gasteiger partial charge in [0.2, 0.25) is 0 Å². The van der Waals surface area contributed by atoms with Crippen LogP contribution in [-0.4, -0.2) is 20.6 Å². The highest BCUT2D eigenvalue weighted by Crippen LogP contribution is 2.20. The molecular weight excluding hydrogens is 244 g/mol. The predicted molar refractivity (Wildman–Crippen MR) is 73.0 cm³/mol. The van der Waals surface area contributed by atoms with Gasteiger partial charge < -0.3 is 20.7 Å². The van der Waals surface area contributed by atoms with Crippen LogP contribution in [0.4, 0.5) is 11.4 Å². The Morgan fingerprint density at radius 3 is 3.00 bits per heavy atom. The Labute approximate surface area is 110 Å². The number of hydrogen-bond acceptors (Lipinski definition) is 4. The second-order valence-corrected chi connectivity index (χ2v) is 4.13. The lowest BCUT2D eigenvalue weighted by Gasteiger charge is -2.11. The van der Waals surface area contributed by atoms with E-state index in [1.165, 1.54) is 12.1 Å². The molecule has 19 heavy (non-hydrogen) atoms. The van der Waals surface area contributed by atoms with Crippen molar-refractivity contribution in [3.05, 3.63) is 42.0 Å². The molecular formula is C13H16N4O2. The molecule has 0 aliphatic carbocycles. The fraction of sp³-hybridized carbons (Fsp3) is 0.231. The molecule has 0 bridgehead atoms. The Kier molecular flexibility index (Phi) is 3.70. The number of nitrogens with two attached hydrogens (primary N) is 1. The van der Waals surface area contributed by atoms with Crippen molar-refractivity contribution in [1.82, 2.24) is 9.55 Å². The van der Waals surface area contributed by atoms with Gasteiger partial charge in [0.1, 0.15) is 0 Å². The number of nitrogen functional groups attached to an aromatic ring is 1. The molecule has 0 aliphatic heterocycles. The van der Waals surface area contributed by atoms with Crippen LogP contribution in [0, 0.1) is 0 Å². The summed E-state index contributed by atoms with van der Waals surface area (Å²) in [6, 6.07) is 4.60. The van der Waals surface area contributed by atoms with Crippen molar-refractivity contribution >= 4 is 17.3 Å². The number of aryl methyl sites for hydroxylation is 1. The Bertz CT molecular complexity index is 592. The fourth-order valence-electron chi connectivity index (χ4n) is 1.81. The Morgan fingerprint density at radius 1 is 1.53 bits per heavy atom. The van der Waals surface area contributed by atoms with E-state index in [1.54, 1.807) is 18.6 Å². The number of benzene rings is 1. The highest BCUT2D eigenvalue weighted by Gasteiger charge is 2.07. The molecule has 0 saturated heterocycles. The van der Waals surface area contributed by atoms with Crippen LogP contribution in [0.15, 0.2) is 30.7 Å². The van der Waals surface area contributed by atoms with Crippen LogP contribution in [0.2, 0.25) is 0 Å². The number of carbonyl (C=O) groups is 1. The average Bonchev–Trinajstić information content (AvgIpc) is 2.85. The van der Waals surface area contributed by atoms with E-state index < -0.39 is 5.97 Å². The Balaban J connectivity index is 2.15. The van der Waals surface area contributed by atoms with E-state index >= 15 is 0 Å². The van der Waals surface area contributed by atoms with Crippen LogP contribution in [0.5, 0.6) is 0 Å². The largest absolute Gasteiger partial charge is 0.478 e. The lowest BCUT2D eigenvalue weighted by molar-refractivity contribution is 0.0697. The molecule has 1 aromatic carbocycles. The van der Waals surface area contributed by atoms with Gasteiger partial charge in [0.15, 0.2) is 0 Å². The lowest BCUT2D eigenvalue weighted by Crippen LogP contribution is -2.08. The highest BCUT2D eigenvalue weighted by molar-refractivity contribution is 5.90. The first-order valence-electron chi connectivity index (χ1n) is 5.97. The van der Waals surface area contributed by atoms with Gasteiger partial charge in [0.05, 0.1) is 35.5 Å². The summed E-state index contributed by atoms with van der Waals surface area (Å²) in [6.45, 7) is 3.41. The van der Waals surface area contributed by atoms with Crippen molar-refractivity contribution in [2.75, 3.05) is 11.1 Å². The summed E-state index contributed by atoms with van der Waals surface area (Å²) < 4.78 is 2.00. The zero-order valence-corrected chi connectivity index (χ0v) is 10.6. The number of anilines is 2. The lowest BCUT2D eigenvalue weighted by atomic mass is 10.1. The standard InChI is InChI=1S/C13H16N4O2/c1-2-17-8-15-6-10(17)7-16-12-5-9(13(18)19)3-4-11(12)14/h3-6,8,16H,2,7,14H2,1H3,(H,18,19). The first kappa shape index (κ1) is 12.9. The SMILES string of the molecule is CCn1cncc1CNc1cc(C(=O)O)ccc1N. The summed E-state index contributed by atoms with van der Waals surface area (Å²) in [5.41, 5.74) is 8.18. The van der Waals surface area contributed by atoms with Crippen molar-refractivity contribution < 1.29 is 9.90 Å². The van der Waals surface area contributed by atoms with Crippen LogP contribution in [0.3, 0.4) is 0 Å². The van der Waals surface area contributed by atoms with Crippen molar-refractivity contribution in [3.8, 4) is 0 Å². The number of aromatic nitrogens is 2. The summed E-state index contributed by atoms with van der Waals surface area (Å²) >= 11 is 0. The molecule has 1 heterocycles. The number of carboxylic acids is 1. The maximum absolute atomic E-state index is 10.9. The smallest absolute Gasteiger partial charge is 0.335 e. The van der Waals surface area contributed by atoms with Gasteiger partial charge in [-0.05, 0) is 25.1 Å². The van der Waals surface area contributed by atoms with E-state index in [4.69, 9.17) is 10.8 Å². The number of nitrogens with zero attached hydrogens (tertiary/aromatic N) is 2. The second-order valence-electron chi connectivity index (χ2n) is 4.13. The molecule has 6 heteroatoms. The van der Waals surface area contributed by atoms with E-state index in [0.717, 1.165) is 12.2 Å². The average molecular weight is 260 g/mol. The normalized spacial score (nSPS) is 10.4. The molecule has 0 aliphatic rings. The number of hydrogen-bond donors (Lipinski definition) is 3. The van der Waals surface area contributed by atoms with E-state index in [9.17, 15) is 4.79 Å². The number of nitrogens with one attached hydrogen (secondary N) is 1. The van der Waals surface area contributed by atoms with E-state index in [0.29, 0.717) is 17.9 Å². The first-order valence-corrected chi connectivity index (χ1v) is 5.97. The quantitative estimate of drug-likeness (QED) is 0.713. The summed E-state index contributed by atoms with van der Waals surface area (Å²) in [6.07, 6.45) is 3.53. The fourth-order valence-corrected chi connectivity index (χ4v) is 1.81. The van der Waals surface area contributed by atoms with Gasteiger partial charge in [-0.25, -0.2) is 9.78 Å². The molecule has 2 aromatic rings. The van der Waals surface area contributed by atoms with Crippen molar-refractivity contribution in [3.63, 3.8) is 0 Å². The molecule has 0 atom stereocenters. The molecule has 0 fully saturated rings. The van der Waals surface area contributed by atoms with Crippen LogP contribution in [0.1, 0.15) is 23.0 Å². The first-order chi connectivity index (χ1) is 9.11. The molecule has 0 saturated carbocycles. The molecule has 4 N–H and O–H groups in total. The maximum Gasteiger partial charge on any atom is 0.335 e. The Morgan fingerprint density at radius 2 is 2.32 bits per heavy atom. The minimum Gasteiger partial charge on any atom is -0.478 e. The minimum absolute atomic E-state index is 0.209. The van der Waals surface area contributed by atoms with Crippen molar-refractivity contribution in [1.29, 1.82) is 0 Å². The molecule has 100 valence electrons. The molecule has 6 nitrogen and oxygen atoms in total. The molecule has 0 radical (unpaired) electrons. The van der Waals surface area contributed by atoms with Gasteiger partial charge >= 0.3 is 5.97 Å². The van der Waals surface area contributed by atoms with Crippen LogP contribution < -0.4 is 11.1 Å². The Hall–Kier alpha value is -2.50. The van der Waals surface area contributed by atoms with Gasteiger partial charge in [0.25, 0.3) is 0 Å². The molecule has 2 rings (SSSR count). The monoisotopic (exact) mass is 260 g/mol. The molecule has 0 amide bonds. The van der Waals surface area contributed by atoms with Crippen LogP contribution in [-0.2, 0) is 13.1 Å². The zero-order chi connectivity index (χ0) is 13.8. The number of carboxylic acid groups (broad SMARTS) is 1. The van der Waals surface area contributed by atoms with E-state index in [1.807, 2.05) is 11.5 Å². The van der Waals surface area contributed by atoms with E-state index in [-0.39, 0.29) is 5.56 Å². The zero-order valence-electron chi connectivity index (χ0n) is 10.6. The molecule has 0 spiro atoms. The molecule has 1 aromatic heterocycles. The topological polar surface area (TPSA) is 93.2 Å². The van der Waals surface area contributed by atoms with Gasteiger partial charge in [-0.1, -0.05) is 0 Å². The summed E-state index contributed by atoms with van der Waals surface area (Å²) in [7, 11) is 0. The summed E-state index contributed by atoms with van der Waals surface area (Å²) in [4.78, 5) is 15.0.